The first-order valence-corrected chi connectivity index (χ1v) is 10.1. The molecule has 4 heteroatoms. The number of nitrogens with zero attached hydrogens (tertiary/aromatic N) is 3. The maximum Gasteiger partial charge on any atom is 0.0944 e. The molecule has 0 unspecified atom stereocenters. The lowest BCUT2D eigenvalue weighted by Gasteiger charge is -2.34. The molecule has 1 aromatic heterocycles. The SMILES string of the molecule is C/C(C#N)=C/c1ccc(-c2ccc3cc(N4CCN(C)CC4)ccc3c2)s1. The van der Waals surface area contributed by atoms with E-state index in [1.165, 1.54) is 26.9 Å². The first kappa shape index (κ1) is 17.8. The monoisotopic (exact) mass is 373 g/mol. The predicted molar refractivity (Wildman–Crippen MR) is 116 cm³/mol. The van der Waals surface area contributed by atoms with Gasteiger partial charge in [0.05, 0.1) is 6.07 Å². The molecule has 0 N–H and O–H groups in total. The number of likely N-dealkylation sites (N-methyl/N-ethyl adjacent to an activating group) is 1. The van der Waals surface area contributed by atoms with Crippen molar-refractivity contribution >= 4 is 33.9 Å². The summed E-state index contributed by atoms with van der Waals surface area (Å²) < 4.78 is 0. The zero-order chi connectivity index (χ0) is 18.8. The fourth-order valence-corrected chi connectivity index (χ4v) is 4.49. The van der Waals surface area contributed by atoms with Gasteiger partial charge in [0.1, 0.15) is 0 Å². The van der Waals surface area contributed by atoms with Crippen LogP contribution in [0.25, 0.3) is 27.3 Å². The lowest BCUT2D eigenvalue weighted by molar-refractivity contribution is 0.313. The summed E-state index contributed by atoms with van der Waals surface area (Å²) in [4.78, 5) is 7.21. The highest BCUT2D eigenvalue weighted by molar-refractivity contribution is 7.16. The summed E-state index contributed by atoms with van der Waals surface area (Å²) in [5, 5.41) is 11.5. The van der Waals surface area contributed by atoms with Crippen LogP contribution in [0.1, 0.15) is 11.8 Å². The van der Waals surface area contributed by atoms with Gasteiger partial charge in [-0.1, -0.05) is 18.2 Å². The smallest absolute Gasteiger partial charge is 0.0944 e. The number of hydrogen-bond acceptors (Lipinski definition) is 4. The third kappa shape index (κ3) is 3.90. The van der Waals surface area contributed by atoms with Crippen molar-refractivity contribution in [1.29, 1.82) is 5.26 Å². The van der Waals surface area contributed by atoms with Crippen LogP contribution in [0.4, 0.5) is 5.69 Å². The molecule has 2 heterocycles. The third-order valence-corrected chi connectivity index (χ3v) is 6.22. The summed E-state index contributed by atoms with van der Waals surface area (Å²) in [7, 11) is 2.19. The summed E-state index contributed by atoms with van der Waals surface area (Å²) in [5.41, 5.74) is 3.28. The average Bonchev–Trinajstić information content (AvgIpc) is 3.16. The second-order valence-electron chi connectivity index (χ2n) is 7.18. The standard InChI is InChI=1S/C23H23N3S/c1-17(16-24)13-22-7-8-23(27-22)20-4-3-19-15-21(6-5-18(19)14-20)26-11-9-25(2)10-12-26/h3-8,13-15H,9-12H2,1-2H3/b17-13-. The highest BCUT2D eigenvalue weighted by atomic mass is 32.1. The Labute approximate surface area is 164 Å². The second-order valence-corrected chi connectivity index (χ2v) is 8.29. The molecule has 2 aromatic carbocycles. The van der Waals surface area contributed by atoms with Crippen LogP contribution in [-0.2, 0) is 0 Å². The second kappa shape index (κ2) is 7.56. The van der Waals surface area contributed by atoms with E-state index in [0.29, 0.717) is 0 Å². The van der Waals surface area contributed by atoms with Crippen molar-refractivity contribution in [2.45, 2.75) is 6.92 Å². The molecule has 0 saturated carbocycles. The summed E-state index contributed by atoms with van der Waals surface area (Å²) in [6, 6.07) is 19.9. The Morgan fingerprint density at radius 1 is 1.00 bits per heavy atom. The van der Waals surface area contributed by atoms with E-state index in [-0.39, 0.29) is 0 Å². The van der Waals surface area contributed by atoms with Gasteiger partial charge < -0.3 is 9.80 Å². The zero-order valence-electron chi connectivity index (χ0n) is 15.8. The molecule has 0 aliphatic carbocycles. The lowest BCUT2D eigenvalue weighted by atomic mass is 10.0. The molecule has 4 rings (SSSR count). The topological polar surface area (TPSA) is 30.3 Å². The molecule has 1 aliphatic heterocycles. The molecule has 136 valence electrons. The number of benzene rings is 2. The van der Waals surface area contributed by atoms with Gasteiger partial charge >= 0.3 is 0 Å². The van der Waals surface area contributed by atoms with Gasteiger partial charge in [-0.05, 0) is 66.7 Å². The van der Waals surface area contributed by atoms with Crippen molar-refractivity contribution in [2.24, 2.45) is 0 Å². The Morgan fingerprint density at radius 3 is 2.52 bits per heavy atom. The van der Waals surface area contributed by atoms with E-state index in [0.717, 1.165) is 36.6 Å². The quantitative estimate of drug-likeness (QED) is 0.588. The van der Waals surface area contributed by atoms with Crippen LogP contribution in [0.5, 0.6) is 0 Å². The first-order valence-electron chi connectivity index (χ1n) is 9.28. The molecular formula is C23H23N3S. The Balaban J connectivity index is 1.60. The molecule has 1 aliphatic rings. The minimum atomic E-state index is 0.735. The fraction of sp³-hybridized carbons (Fsp3) is 0.261. The molecule has 0 atom stereocenters. The number of piperazine rings is 1. The van der Waals surface area contributed by atoms with Crippen molar-refractivity contribution in [3.8, 4) is 16.5 Å². The van der Waals surface area contributed by atoms with Crippen LogP contribution in [0.2, 0.25) is 0 Å². The Morgan fingerprint density at radius 2 is 1.74 bits per heavy atom. The largest absolute Gasteiger partial charge is 0.369 e. The molecule has 3 nitrogen and oxygen atoms in total. The van der Waals surface area contributed by atoms with E-state index >= 15 is 0 Å². The fourth-order valence-electron chi connectivity index (χ4n) is 3.48. The number of anilines is 1. The van der Waals surface area contributed by atoms with Gasteiger partial charge in [0, 0.05) is 47.2 Å². The molecule has 0 spiro atoms. The summed E-state index contributed by atoms with van der Waals surface area (Å²) in [6.07, 6.45) is 1.94. The molecule has 0 radical (unpaired) electrons. The van der Waals surface area contributed by atoms with Crippen LogP contribution in [0, 0.1) is 11.3 Å². The van der Waals surface area contributed by atoms with Gasteiger partial charge in [-0.2, -0.15) is 5.26 Å². The number of allylic oxidation sites excluding steroid dienone is 1. The van der Waals surface area contributed by atoms with E-state index in [1.807, 2.05) is 13.0 Å². The minimum absolute atomic E-state index is 0.735. The predicted octanol–water partition coefficient (Wildman–Crippen LogP) is 5.25. The molecule has 27 heavy (non-hydrogen) atoms. The molecule has 3 aromatic rings. The normalized spacial score (nSPS) is 15.9. The number of nitriles is 1. The Hall–Kier alpha value is -2.61. The van der Waals surface area contributed by atoms with Crippen molar-refractivity contribution in [2.75, 3.05) is 38.1 Å². The van der Waals surface area contributed by atoms with Gasteiger partial charge in [-0.25, -0.2) is 0 Å². The highest BCUT2D eigenvalue weighted by Gasteiger charge is 2.14. The number of rotatable bonds is 3. The van der Waals surface area contributed by atoms with Crippen LogP contribution in [-0.4, -0.2) is 38.1 Å². The van der Waals surface area contributed by atoms with E-state index < -0.39 is 0 Å². The number of thiophene rings is 1. The summed E-state index contributed by atoms with van der Waals surface area (Å²) >= 11 is 1.72. The lowest BCUT2D eigenvalue weighted by Crippen LogP contribution is -2.44. The Bertz CT molecular complexity index is 1030. The van der Waals surface area contributed by atoms with Gasteiger partial charge in [0.25, 0.3) is 0 Å². The molecule has 0 amide bonds. The van der Waals surface area contributed by atoms with Crippen molar-refractivity contribution in [3.63, 3.8) is 0 Å². The maximum absolute atomic E-state index is 8.95. The van der Waals surface area contributed by atoms with Gasteiger partial charge in [-0.15, -0.1) is 11.3 Å². The van der Waals surface area contributed by atoms with Crippen LogP contribution < -0.4 is 4.90 Å². The van der Waals surface area contributed by atoms with E-state index in [9.17, 15) is 0 Å². The molecule has 1 saturated heterocycles. The number of fused-ring (bicyclic) bond motifs is 1. The van der Waals surface area contributed by atoms with Gasteiger partial charge in [0.15, 0.2) is 0 Å². The van der Waals surface area contributed by atoms with Crippen molar-refractivity contribution < 1.29 is 0 Å². The average molecular weight is 374 g/mol. The molecule has 0 bridgehead atoms. The maximum atomic E-state index is 8.95. The van der Waals surface area contributed by atoms with Crippen molar-refractivity contribution in [1.82, 2.24) is 4.90 Å². The highest BCUT2D eigenvalue weighted by Crippen LogP contribution is 2.32. The van der Waals surface area contributed by atoms with Crippen LogP contribution in [0.15, 0.2) is 54.1 Å². The van der Waals surface area contributed by atoms with Crippen LogP contribution in [0.3, 0.4) is 0 Å². The summed E-state index contributed by atoms with van der Waals surface area (Å²) in [6.45, 7) is 6.27. The molecular weight excluding hydrogens is 350 g/mol. The Kier molecular flexibility index (Phi) is 4.98. The minimum Gasteiger partial charge on any atom is -0.369 e. The number of hydrogen-bond donors (Lipinski definition) is 0. The van der Waals surface area contributed by atoms with Gasteiger partial charge in [0.2, 0.25) is 0 Å². The zero-order valence-corrected chi connectivity index (χ0v) is 16.6. The third-order valence-electron chi connectivity index (χ3n) is 5.14. The molecule has 1 fully saturated rings. The van der Waals surface area contributed by atoms with E-state index in [1.54, 1.807) is 11.3 Å². The summed E-state index contributed by atoms with van der Waals surface area (Å²) in [5.74, 6) is 0. The first-order chi connectivity index (χ1) is 13.1. The van der Waals surface area contributed by atoms with Crippen molar-refractivity contribution in [3.05, 3.63) is 59.0 Å². The van der Waals surface area contributed by atoms with Gasteiger partial charge in [-0.3, -0.25) is 0 Å². The van der Waals surface area contributed by atoms with E-state index in [2.05, 4.69) is 71.4 Å². The van der Waals surface area contributed by atoms with Crippen LogP contribution >= 0.6 is 11.3 Å². The van der Waals surface area contributed by atoms with E-state index in [4.69, 9.17) is 5.26 Å².